The van der Waals surface area contributed by atoms with Crippen molar-refractivity contribution in [3.63, 3.8) is 0 Å². The number of fused-ring (bicyclic) bond motifs is 1. The molecule has 2 aromatic carbocycles. The van der Waals surface area contributed by atoms with Crippen LogP contribution < -0.4 is 10.1 Å². The largest absolute Gasteiger partial charge is 0.497 e. The van der Waals surface area contributed by atoms with Crippen LogP contribution in [0.15, 0.2) is 54.6 Å². The zero-order valence-corrected chi connectivity index (χ0v) is 27.0. The third kappa shape index (κ3) is 7.38. The first-order valence-corrected chi connectivity index (χ1v) is 16.5. The van der Waals surface area contributed by atoms with Crippen LogP contribution in [0.1, 0.15) is 61.3 Å². The van der Waals surface area contributed by atoms with E-state index in [-0.39, 0.29) is 18.6 Å². The second kappa shape index (κ2) is 14.3. The lowest BCUT2D eigenvalue weighted by atomic mass is 9.94. The quantitative estimate of drug-likeness (QED) is 0.303. The zero-order chi connectivity index (χ0) is 31.3. The van der Waals surface area contributed by atoms with Gasteiger partial charge in [-0.05, 0) is 81.1 Å². The number of amides is 1. The van der Waals surface area contributed by atoms with Gasteiger partial charge in [0.25, 0.3) is 5.91 Å². The summed E-state index contributed by atoms with van der Waals surface area (Å²) >= 11 is 0. The normalized spacial score (nSPS) is 18.2. The molecule has 1 saturated heterocycles. The molecule has 0 radical (unpaired) electrons. The van der Waals surface area contributed by atoms with E-state index >= 15 is 0 Å². The monoisotopic (exact) mass is 620 g/mol. The van der Waals surface area contributed by atoms with Gasteiger partial charge in [-0.1, -0.05) is 30.3 Å². The Morgan fingerprint density at radius 2 is 1.80 bits per heavy atom. The molecule has 2 aliphatic heterocycles. The minimum Gasteiger partial charge on any atom is -0.497 e. The number of carbonyl (C=O) groups excluding carboxylic acids is 1. The second-order valence-corrected chi connectivity index (χ2v) is 14.5. The third-order valence-electron chi connectivity index (χ3n) is 8.10. The van der Waals surface area contributed by atoms with Crippen LogP contribution in [0.4, 0.5) is 0 Å². The smallest absolute Gasteiger partial charge is 0.269 e. The Morgan fingerprint density at radius 3 is 2.50 bits per heavy atom. The van der Waals surface area contributed by atoms with Gasteiger partial charge >= 0.3 is 0 Å². The van der Waals surface area contributed by atoms with Gasteiger partial charge in [-0.2, -0.15) is 0 Å². The lowest BCUT2D eigenvalue weighted by molar-refractivity contribution is 0.0374. The molecule has 2 atom stereocenters. The van der Waals surface area contributed by atoms with E-state index in [1.807, 2.05) is 73.6 Å². The lowest BCUT2D eigenvalue weighted by Gasteiger charge is -2.30. The van der Waals surface area contributed by atoms with E-state index in [0.717, 1.165) is 72.8 Å². The number of nitrogens with one attached hydrogen (secondary N) is 1. The summed E-state index contributed by atoms with van der Waals surface area (Å²) in [5, 5.41) is 13.1. The predicted molar refractivity (Wildman–Crippen MR) is 174 cm³/mol. The van der Waals surface area contributed by atoms with Crippen molar-refractivity contribution >= 4 is 16.9 Å². The van der Waals surface area contributed by atoms with Crippen molar-refractivity contribution < 1.29 is 23.6 Å². The van der Waals surface area contributed by atoms with Crippen LogP contribution in [0.5, 0.6) is 5.75 Å². The number of methoxy groups -OCH3 is 1. The molecular formula is C34H44N4O5S. The zero-order valence-electron chi connectivity index (χ0n) is 26.2. The van der Waals surface area contributed by atoms with E-state index in [2.05, 4.69) is 16.3 Å². The number of nitrogens with zero attached hydrogens (tertiary/aromatic N) is 3. The first-order valence-electron chi connectivity index (χ1n) is 15.4. The van der Waals surface area contributed by atoms with Gasteiger partial charge in [0.1, 0.15) is 22.4 Å². The molecule has 2 N–H and O–H groups in total. The maximum atomic E-state index is 13.7. The number of hydrogen-bond donors (Lipinski definition) is 2. The topological polar surface area (TPSA) is 104 Å². The molecule has 0 spiro atoms. The van der Waals surface area contributed by atoms with Gasteiger partial charge in [0.05, 0.1) is 36.8 Å². The molecule has 9 nitrogen and oxygen atoms in total. The van der Waals surface area contributed by atoms with Crippen LogP contribution in [0.2, 0.25) is 0 Å². The number of ether oxygens (including phenoxy) is 2. The molecule has 3 aromatic rings. The van der Waals surface area contributed by atoms with Crippen molar-refractivity contribution in [2.45, 2.75) is 50.9 Å². The molecule has 1 unspecified atom stereocenters. The van der Waals surface area contributed by atoms with Crippen molar-refractivity contribution in [3.05, 3.63) is 71.4 Å². The highest BCUT2D eigenvalue weighted by molar-refractivity contribution is 7.84. The summed E-state index contributed by atoms with van der Waals surface area (Å²) in [4.78, 5) is 20.8. The van der Waals surface area contributed by atoms with Gasteiger partial charge < -0.3 is 19.9 Å². The molecule has 44 heavy (non-hydrogen) atoms. The van der Waals surface area contributed by atoms with Crippen molar-refractivity contribution in [2.24, 2.45) is 0 Å². The van der Waals surface area contributed by atoms with Gasteiger partial charge in [0.15, 0.2) is 0 Å². The van der Waals surface area contributed by atoms with E-state index in [4.69, 9.17) is 14.5 Å². The Kier molecular flexibility index (Phi) is 10.5. The highest BCUT2D eigenvalue weighted by Crippen LogP contribution is 2.44. The van der Waals surface area contributed by atoms with E-state index in [9.17, 15) is 14.1 Å². The Balaban J connectivity index is 1.50. The number of hydrogen-bond acceptors (Lipinski definition) is 7. The van der Waals surface area contributed by atoms with Gasteiger partial charge in [0.2, 0.25) is 0 Å². The van der Waals surface area contributed by atoms with Gasteiger partial charge in [-0.3, -0.25) is 9.69 Å². The third-order valence-corrected chi connectivity index (χ3v) is 9.96. The standard InChI is InChI=1S/C34H44N4O5S/c1-34(2,3)44(41)38-23-27-22-29(33(40)35-13-7-14-37-15-18-43-19-16-37)36-32(31(27)30(38)12-17-39)26-10-5-8-24(20-26)25-9-6-11-28(21-25)42-4/h5-6,8-11,20-22,30,39H,7,12-19,23H2,1-4H3,(H,35,40)/t30-,44?/m0/s1. The van der Waals surface area contributed by atoms with Crippen LogP contribution in [-0.4, -0.2) is 87.3 Å². The van der Waals surface area contributed by atoms with E-state index in [1.165, 1.54) is 0 Å². The summed E-state index contributed by atoms with van der Waals surface area (Å²) in [6.07, 6.45) is 1.25. The molecule has 0 bridgehead atoms. The molecule has 1 fully saturated rings. The molecular weight excluding hydrogens is 576 g/mol. The Morgan fingerprint density at radius 1 is 1.09 bits per heavy atom. The van der Waals surface area contributed by atoms with E-state index in [1.54, 1.807) is 7.11 Å². The van der Waals surface area contributed by atoms with Gasteiger partial charge in [0, 0.05) is 43.9 Å². The summed E-state index contributed by atoms with van der Waals surface area (Å²) in [6, 6.07) is 17.5. The number of pyridine rings is 1. The molecule has 236 valence electrons. The Labute approximate surface area is 263 Å². The molecule has 0 saturated carbocycles. The maximum Gasteiger partial charge on any atom is 0.269 e. The van der Waals surface area contributed by atoms with Crippen LogP contribution in [-0.2, 0) is 22.3 Å². The minimum atomic E-state index is -1.33. The predicted octanol–water partition coefficient (Wildman–Crippen LogP) is 4.58. The second-order valence-electron chi connectivity index (χ2n) is 12.3. The number of benzene rings is 2. The molecule has 0 aliphatic carbocycles. The Bertz CT molecular complexity index is 1480. The minimum absolute atomic E-state index is 0.0589. The summed E-state index contributed by atoms with van der Waals surface area (Å²) in [5.74, 6) is 0.539. The van der Waals surface area contributed by atoms with E-state index < -0.39 is 15.7 Å². The fourth-order valence-electron chi connectivity index (χ4n) is 5.87. The van der Waals surface area contributed by atoms with E-state index in [0.29, 0.717) is 30.9 Å². The molecule has 1 aromatic heterocycles. The number of aliphatic hydroxyl groups excluding tert-OH is 1. The van der Waals surface area contributed by atoms with Crippen LogP contribution in [0, 0.1) is 0 Å². The number of rotatable bonds is 11. The first-order chi connectivity index (χ1) is 21.2. The van der Waals surface area contributed by atoms with Crippen molar-refractivity contribution in [3.8, 4) is 28.1 Å². The summed E-state index contributed by atoms with van der Waals surface area (Å²) in [7, 11) is 0.317. The fraction of sp³-hybridized carbons (Fsp3) is 0.471. The van der Waals surface area contributed by atoms with Crippen molar-refractivity contribution in [1.29, 1.82) is 0 Å². The number of aromatic nitrogens is 1. The van der Waals surface area contributed by atoms with Crippen molar-refractivity contribution in [2.75, 3.05) is 53.1 Å². The summed E-state index contributed by atoms with van der Waals surface area (Å²) < 4.78 is 26.1. The first kappa shape index (κ1) is 32.2. The highest BCUT2D eigenvalue weighted by atomic mass is 32.2. The SMILES string of the molecule is COc1cccc(-c2cccc(-c3nc(C(=O)NCCCN4CCOCC4)cc4c3[C@H](CCO)N(S(=O)C(C)(C)C)C4)c2)c1. The van der Waals surface area contributed by atoms with Crippen LogP contribution >= 0.6 is 0 Å². The number of aliphatic hydroxyl groups is 1. The van der Waals surface area contributed by atoms with Gasteiger partial charge in [-0.25, -0.2) is 13.5 Å². The number of carbonyl (C=O) groups is 1. The summed E-state index contributed by atoms with van der Waals surface area (Å²) in [6.45, 7) is 11.0. The van der Waals surface area contributed by atoms with Crippen LogP contribution in [0.25, 0.3) is 22.4 Å². The molecule has 1 amide bonds. The molecule has 3 heterocycles. The summed E-state index contributed by atoms with van der Waals surface area (Å²) in [5.41, 5.74) is 5.69. The maximum absolute atomic E-state index is 13.7. The molecule has 2 aliphatic rings. The Hall–Kier alpha value is -3.15. The average molecular weight is 621 g/mol. The molecule has 5 rings (SSSR count). The van der Waals surface area contributed by atoms with Gasteiger partial charge in [-0.15, -0.1) is 0 Å². The average Bonchev–Trinajstić information content (AvgIpc) is 3.40. The lowest BCUT2D eigenvalue weighted by Crippen LogP contribution is -2.38. The molecule has 10 heteroatoms. The fourth-order valence-corrected chi connectivity index (χ4v) is 7.28. The van der Waals surface area contributed by atoms with Crippen molar-refractivity contribution in [1.82, 2.24) is 19.5 Å². The number of morpholine rings is 1. The van der Waals surface area contributed by atoms with Crippen LogP contribution in [0.3, 0.4) is 0 Å². The highest BCUT2D eigenvalue weighted by Gasteiger charge is 2.40.